The second kappa shape index (κ2) is 10.9. The normalized spacial score (nSPS) is 17.7. The quantitative estimate of drug-likeness (QED) is 0.758. The van der Waals surface area contributed by atoms with Gasteiger partial charge in [-0.3, -0.25) is 0 Å². The van der Waals surface area contributed by atoms with Crippen molar-refractivity contribution in [2.24, 2.45) is 11.7 Å². The number of hydrogen-bond acceptors (Lipinski definition) is 5. The zero-order valence-corrected chi connectivity index (χ0v) is 15.5. The fraction of sp³-hybridized carbons (Fsp3) is 0.875. The van der Waals surface area contributed by atoms with E-state index in [9.17, 15) is 4.79 Å². The molecule has 0 aromatic carbocycles. The second-order valence-electron chi connectivity index (χ2n) is 6.38. The molecule has 1 aliphatic rings. The first-order chi connectivity index (χ1) is 10.3. The number of nitrogens with two attached hydrogens (primary N) is 1. The highest BCUT2D eigenvalue weighted by atomic mass is 32.1. The Labute approximate surface area is 140 Å². The van der Waals surface area contributed by atoms with Crippen LogP contribution in [0.15, 0.2) is 0 Å². The molecule has 130 valence electrons. The third-order valence-corrected chi connectivity index (χ3v) is 3.40. The summed E-state index contributed by atoms with van der Waals surface area (Å²) in [5.41, 5.74) is 4.07. The van der Waals surface area contributed by atoms with Crippen molar-refractivity contribution in [2.45, 2.75) is 52.6 Å². The molecule has 6 heteroatoms. The Morgan fingerprint density at radius 1 is 1.36 bits per heavy atom. The van der Waals surface area contributed by atoms with Crippen molar-refractivity contribution in [1.29, 1.82) is 0 Å². The van der Waals surface area contributed by atoms with Gasteiger partial charge in [-0.2, -0.15) is 0 Å². The van der Waals surface area contributed by atoms with Crippen molar-refractivity contribution in [3.63, 3.8) is 0 Å². The van der Waals surface area contributed by atoms with Gasteiger partial charge in [-0.25, -0.2) is 4.79 Å². The van der Waals surface area contributed by atoms with Gasteiger partial charge in [-0.15, -0.1) is 0 Å². The Morgan fingerprint density at radius 3 is 2.55 bits per heavy atom. The molecule has 1 fully saturated rings. The van der Waals surface area contributed by atoms with E-state index in [2.05, 4.69) is 12.7 Å². The zero-order valence-electron chi connectivity index (χ0n) is 14.7. The summed E-state index contributed by atoms with van der Waals surface area (Å²) in [6, 6.07) is 0. The Morgan fingerprint density at radius 2 is 2.00 bits per heavy atom. The van der Waals surface area contributed by atoms with Crippen LogP contribution in [0.5, 0.6) is 0 Å². The second-order valence-corrected chi connectivity index (χ2v) is 6.96. The average Bonchev–Trinajstić information content (AvgIpc) is 2.88. The van der Waals surface area contributed by atoms with Crippen molar-refractivity contribution in [2.75, 3.05) is 33.4 Å². The summed E-state index contributed by atoms with van der Waals surface area (Å²) in [7, 11) is 1.50. The van der Waals surface area contributed by atoms with Gasteiger partial charge in [0.25, 0.3) is 0 Å². The van der Waals surface area contributed by atoms with E-state index in [-0.39, 0.29) is 6.09 Å². The van der Waals surface area contributed by atoms with Crippen LogP contribution in [-0.4, -0.2) is 54.8 Å². The minimum absolute atomic E-state index is 0.221. The highest BCUT2D eigenvalue weighted by molar-refractivity contribution is 7.80. The van der Waals surface area contributed by atoms with Crippen LogP contribution in [0.25, 0.3) is 0 Å². The minimum Gasteiger partial charge on any atom is -0.444 e. The molecule has 1 amide bonds. The number of nitrogens with zero attached hydrogens (tertiary/aromatic N) is 1. The van der Waals surface area contributed by atoms with E-state index >= 15 is 0 Å². The van der Waals surface area contributed by atoms with Crippen LogP contribution in [-0.2, 0) is 9.47 Å². The standard InChI is InChI=1S/C15H27NO3S.CH5N/c1-5-6-13(20)11-18-10-12-7-8-16(9-12)14(17)19-15(2,3)4;1-2/h12H,5-11H2,1-4H3;2H2,1H3. The van der Waals surface area contributed by atoms with Crippen LogP contribution >= 0.6 is 12.2 Å². The highest BCUT2D eigenvalue weighted by Gasteiger charge is 2.29. The van der Waals surface area contributed by atoms with Gasteiger partial charge in [-0.05, 0) is 40.7 Å². The van der Waals surface area contributed by atoms with Gasteiger partial charge in [0.15, 0.2) is 0 Å². The number of amides is 1. The van der Waals surface area contributed by atoms with E-state index in [0.717, 1.165) is 37.2 Å². The predicted octanol–water partition coefficient (Wildman–Crippen LogP) is 3.00. The fourth-order valence-corrected chi connectivity index (χ4v) is 2.44. The van der Waals surface area contributed by atoms with E-state index in [1.54, 1.807) is 4.90 Å². The summed E-state index contributed by atoms with van der Waals surface area (Å²) in [5, 5.41) is 0. The molecule has 1 aliphatic heterocycles. The van der Waals surface area contributed by atoms with E-state index in [4.69, 9.17) is 21.7 Å². The summed E-state index contributed by atoms with van der Waals surface area (Å²) in [6.07, 6.45) is 2.77. The zero-order chi connectivity index (χ0) is 17.2. The van der Waals surface area contributed by atoms with Gasteiger partial charge in [-0.1, -0.05) is 25.6 Å². The van der Waals surface area contributed by atoms with Crippen LogP contribution in [0.4, 0.5) is 4.79 Å². The van der Waals surface area contributed by atoms with E-state index in [1.165, 1.54) is 7.05 Å². The maximum absolute atomic E-state index is 11.9. The highest BCUT2D eigenvalue weighted by Crippen LogP contribution is 2.19. The number of carbonyl (C=O) groups is 1. The largest absolute Gasteiger partial charge is 0.444 e. The van der Waals surface area contributed by atoms with E-state index in [0.29, 0.717) is 19.1 Å². The fourth-order valence-electron chi connectivity index (χ4n) is 2.15. The summed E-state index contributed by atoms with van der Waals surface area (Å²) < 4.78 is 11.0. The molecule has 0 bridgehead atoms. The molecule has 0 aromatic rings. The topological polar surface area (TPSA) is 64.8 Å². The molecule has 0 radical (unpaired) electrons. The average molecular weight is 333 g/mol. The van der Waals surface area contributed by atoms with Crippen molar-refractivity contribution in [3.8, 4) is 0 Å². The number of thiocarbonyl (C=S) groups is 1. The molecule has 5 nitrogen and oxygen atoms in total. The Kier molecular flexibility index (Phi) is 10.6. The van der Waals surface area contributed by atoms with Gasteiger partial charge in [0, 0.05) is 23.9 Å². The summed E-state index contributed by atoms with van der Waals surface area (Å²) in [5.74, 6) is 0.395. The molecule has 22 heavy (non-hydrogen) atoms. The smallest absolute Gasteiger partial charge is 0.410 e. The summed E-state index contributed by atoms with van der Waals surface area (Å²) in [4.78, 5) is 14.7. The Balaban J connectivity index is 0.00000211. The first kappa shape index (κ1) is 21.3. The first-order valence-corrected chi connectivity index (χ1v) is 8.37. The Hall–Kier alpha value is -0.720. The molecular weight excluding hydrogens is 300 g/mol. The van der Waals surface area contributed by atoms with Gasteiger partial charge in [0.05, 0.1) is 13.2 Å². The lowest BCUT2D eigenvalue weighted by Gasteiger charge is -2.24. The molecule has 1 heterocycles. The van der Waals surface area contributed by atoms with Gasteiger partial charge in [0.1, 0.15) is 5.60 Å². The SMILES string of the molecule is CCCC(=S)COCC1CCN(C(=O)OC(C)(C)C)C1.CN. The lowest BCUT2D eigenvalue weighted by molar-refractivity contribution is 0.0278. The monoisotopic (exact) mass is 332 g/mol. The number of likely N-dealkylation sites (tertiary alicyclic amines) is 1. The van der Waals surface area contributed by atoms with E-state index < -0.39 is 5.60 Å². The molecule has 1 rings (SSSR count). The van der Waals surface area contributed by atoms with Crippen molar-refractivity contribution in [1.82, 2.24) is 4.90 Å². The van der Waals surface area contributed by atoms with Crippen LogP contribution in [0.1, 0.15) is 47.0 Å². The van der Waals surface area contributed by atoms with Gasteiger partial charge in [0.2, 0.25) is 0 Å². The molecule has 2 N–H and O–H groups in total. The van der Waals surface area contributed by atoms with Gasteiger partial charge >= 0.3 is 6.09 Å². The van der Waals surface area contributed by atoms with Crippen LogP contribution < -0.4 is 5.73 Å². The van der Waals surface area contributed by atoms with Crippen LogP contribution in [0.2, 0.25) is 0 Å². The van der Waals surface area contributed by atoms with E-state index in [1.807, 2.05) is 20.8 Å². The molecule has 0 aliphatic carbocycles. The Bertz CT molecular complexity index is 343. The molecule has 0 saturated carbocycles. The molecule has 0 aromatic heterocycles. The number of ether oxygens (including phenoxy) is 2. The van der Waals surface area contributed by atoms with Crippen LogP contribution in [0.3, 0.4) is 0 Å². The number of rotatable bonds is 6. The third kappa shape index (κ3) is 9.33. The lowest BCUT2D eigenvalue weighted by atomic mass is 10.1. The maximum Gasteiger partial charge on any atom is 0.410 e. The predicted molar refractivity (Wildman–Crippen MR) is 94.4 cm³/mol. The summed E-state index contributed by atoms with van der Waals surface area (Å²) >= 11 is 5.21. The molecule has 1 unspecified atom stereocenters. The van der Waals surface area contributed by atoms with Crippen molar-refractivity contribution >= 4 is 23.2 Å². The first-order valence-electron chi connectivity index (χ1n) is 7.97. The summed E-state index contributed by atoms with van der Waals surface area (Å²) in [6.45, 7) is 10.5. The molecule has 0 spiro atoms. The van der Waals surface area contributed by atoms with Gasteiger partial charge < -0.3 is 20.1 Å². The minimum atomic E-state index is -0.433. The van der Waals surface area contributed by atoms with Crippen LogP contribution in [0, 0.1) is 5.92 Å². The molecular formula is C16H32N2O3S. The third-order valence-electron chi connectivity index (χ3n) is 3.08. The maximum atomic E-state index is 11.9. The lowest BCUT2D eigenvalue weighted by Crippen LogP contribution is -2.35. The molecule has 1 atom stereocenters. The number of carbonyl (C=O) groups excluding carboxylic acids is 1. The van der Waals surface area contributed by atoms with Crippen molar-refractivity contribution in [3.05, 3.63) is 0 Å². The molecule has 1 saturated heterocycles. The number of hydrogen-bond donors (Lipinski definition) is 1. The van der Waals surface area contributed by atoms with Crippen molar-refractivity contribution < 1.29 is 14.3 Å².